The number of esters is 1. The minimum absolute atomic E-state index is 0.0315. The number of amides is 1. The third kappa shape index (κ3) is 4.79. The van der Waals surface area contributed by atoms with Crippen molar-refractivity contribution in [3.05, 3.63) is 22.5 Å². The average Bonchev–Trinajstić information content (AvgIpc) is 2.82. The maximum absolute atomic E-state index is 13.3. The van der Waals surface area contributed by atoms with Crippen LogP contribution in [0.4, 0.5) is 0 Å². The monoisotopic (exact) mass is 378 g/mol. The van der Waals surface area contributed by atoms with Gasteiger partial charge in [0.1, 0.15) is 5.69 Å². The summed E-state index contributed by atoms with van der Waals surface area (Å²) < 4.78 is 6.54. The van der Waals surface area contributed by atoms with Gasteiger partial charge in [0.15, 0.2) is 5.78 Å². The molecule has 152 valence electrons. The summed E-state index contributed by atoms with van der Waals surface area (Å²) in [5.41, 5.74) is 2.16. The summed E-state index contributed by atoms with van der Waals surface area (Å²) in [5, 5.41) is 0. The lowest BCUT2D eigenvalue weighted by Gasteiger charge is -2.31. The van der Waals surface area contributed by atoms with Gasteiger partial charge in [-0.25, -0.2) is 4.79 Å². The first-order valence-electron chi connectivity index (χ1n) is 9.54. The van der Waals surface area contributed by atoms with Gasteiger partial charge in [-0.2, -0.15) is 0 Å². The molecule has 0 spiro atoms. The molecule has 27 heavy (non-hydrogen) atoms. The topological polar surface area (TPSA) is 68.6 Å². The molecule has 1 rings (SSSR count). The molecule has 0 aliphatic rings. The number of carbonyl (C=O) groups excluding carboxylic acids is 3. The number of aromatic nitrogens is 1. The summed E-state index contributed by atoms with van der Waals surface area (Å²) in [5.74, 6) is -0.402. The van der Waals surface area contributed by atoms with Gasteiger partial charge in [0, 0.05) is 30.8 Å². The van der Waals surface area contributed by atoms with Gasteiger partial charge >= 0.3 is 5.97 Å². The Kier molecular flexibility index (Phi) is 7.81. The Balaban J connectivity index is 3.32. The molecule has 1 atom stereocenters. The number of hydrogen-bond acceptors (Lipinski definition) is 4. The van der Waals surface area contributed by atoms with Crippen molar-refractivity contribution in [2.24, 2.45) is 18.9 Å². The predicted molar refractivity (Wildman–Crippen MR) is 106 cm³/mol. The van der Waals surface area contributed by atoms with Gasteiger partial charge in [-0.15, -0.1) is 0 Å². The van der Waals surface area contributed by atoms with Crippen LogP contribution in [-0.2, 0) is 16.6 Å². The van der Waals surface area contributed by atoms with E-state index in [2.05, 4.69) is 13.8 Å². The predicted octanol–water partition coefficient (Wildman–Crippen LogP) is 3.53. The summed E-state index contributed by atoms with van der Waals surface area (Å²) in [6.45, 7) is 13.7. The maximum atomic E-state index is 13.3. The van der Waals surface area contributed by atoms with E-state index in [0.717, 1.165) is 6.42 Å². The first-order chi connectivity index (χ1) is 12.4. The van der Waals surface area contributed by atoms with Crippen molar-refractivity contribution in [1.29, 1.82) is 0 Å². The number of carbonyl (C=O) groups is 3. The largest absolute Gasteiger partial charge is 0.464 e. The van der Waals surface area contributed by atoms with E-state index in [4.69, 9.17) is 4.74 Å². The summed E-state index contributed by atoms with van der Waals surface area (Å²) in [7, 11) is 3.06. The SMILES string of the molecule is COC(=O)c1c(C)c(C(=O)[C@@H](C)N(CCC(C)C)C(=O)C(C)C)c(C)n1C. The van der Waals surface area contributed by atoms with E-state index in [9.17, 15) is 14.4 Å². The van der Waals surface area contributed by atoms with Crippen molar-refractivity contribution in [1.82, 2.24) is 9.47 Å². The normalized spacial score (nSPS) is 12.4. The van der Waals surface area contributed by atoms with Gasteiger partial charge in [0.25, 0.3) is 0 Å². The van der Waals surface area contributed by atoms with Gasteiger partial charge < -0.3 is 14.2 Å². The highest BCUT2D eigenvalue weighted by Gasteiger charge is 2.32. The van der Waals surface area contributed by atoms with E-state index < -0.39 is 12.0 Å². The molecule has 0 bridgehead atoms. The Bertz CT molecular complexity index is 716. The van der Waals surface area contributed by atoms with Crippen LogP contribution < -0.4 is 0 Å². The Morgan fingerprint density at radius 2 is 1.63 bits per heavy atom. The highest BCUT2D eigenvalue weighted by molar-refractivity contribution is 6.06. The second kappa shape index (κ2) is 9.20. The van der Waals surface area contributed by atoms with E-state index in [1.807, 2.05) is 20.8 Å². The summed E-state index contributed by atoms with van der Waals surface area (Å²) in [4.78, 5) is 39.8. The molecule has 6 nitrogen and oxygen atoms in total. The molecule has 1 heterocycles. The van der Waals surface area contributed by atoms with Gasteiger partial charge in [0.2, 0.25) is 5.91 Å². The molecule has 0 fully saturated rings. The second-order valence-electron chi connectivity index (χ2n) is 7.89. The molecule has 0 aromatic carbocycles. The van der Waals surface area contributed by atoms with Crippen LogP contribution in [0.15, 0.2) is 0 Å². The molecule has 0 saturated heterocycles. The second-order valence-corrected chi connectivity index (χ2v) is 7.89. The van der Waals surface area contributed by atoms with Gasteiger partial charge in [-0.1, -0.05) is 27.7 Å². The third-order valence-corrected chi connectivity index (χ3v) is 5.13. The van der Waals surface area contributed by atoms with Crippen molar-refractivity contribution in [2.75, 3.05) is 13.7 Å². The third-order valence-electron chi connectivity index (χ3n) is 5.13. The Labute approximate surface area is 162 Å². The van der Waals surface area contributed by atoms with Crippen molar-refractivity contribution in [3.63, 3.8) is 0 Å². The van der Waals surface area contributed by atoms with Crippen LogP contribution in [0.25, 0.3) is 0 Å². The lowest BCUT2D eigenvalue weighted by atomic mass is 9.98. The highest BCUT2D eigenvalue weighted by Crippen LogP contribution is 2.25. The molecule has 1 aromatic heterocycles. The van der Waals surface area contributed by atoms with Crippen LogP contribution in [-0.4, -0.2) is 46.8 Å². The van der Waals surface area contributed by atoms with Crippen LogP contribution in [0.2, 0.25) is 0 Å². The fourth-order valence-electron chi connectivity index (χ4n) is 3.30. The smallest absolute Gasteiger partial charge is 0.354 e. The molecule has 0 N–H and O–H groups in total. The summed E-state index contributed by atoms with van der Waals surface area (Å²) in [6, 6.07) is -0.594. The van der Waals surface area contributed by atoms with Crippen molar-refractivity contribution < 1.29 is 19.1 Å². The summed E-state index contributed by atoms with van der Waals surface area (Å²) in [6.07, 6.45) is 0.830. The molecular weight excluding hydrogens is 344 g/mol. The number of hydrogen-bond donors (Lipinski definition) is 0. The minimum Gasteiger partial charge on any atom is -0.464 e. The number of rotatable bonds is 8. The fraction of sp³-hybridized carbons (Fsp3) is 0.667. The zero-order valence-electron chi connectivity index (χ0n) is 18.2. The molecule has 0 aliphatic carbocycles. The Hall–Kier alpha value is -2.11. The van der Waals surface area contributed by atoms with Crippen molar-refractivity contribution >= 4 is 17.7 Å². The summed E-state index contributed by atoms with van der Waals surface area (Å²) >= 11 is 0. The van der Waals surface area contributed by atoms with Crippen LogP contribution in [0.5, 0.6) is 0 Å². The average molecular weight is 379 g/mol. The minimum atomic E-state index is -0.594. The van der Waals surface area contributed by atoms with Crippen LogP contribution in [0, 0.1) is 25.7 Å². The zero-order chi connectivity index (χ0) is 21.0. The molecule has 0 radical (unpaired) electrons. The molecule has 1 aromatic rings. The first kappa shape index (κ1) is 22.9. The van der Waals surface area contributed by atoms with E-state index >= 15 is 0 Å². The number of nitrogens with zero attached hydrogens (tertiary/aromatic N) is 2. The van der Waals surface area contributed by atoms with Crippen LogP contribution >= 0.6 is 0 Å². The van der Waals surface area contributed by atoms with Crippen molar-refractivity contribution in [3.8, 4) is 0 Å². The zero-order valence-corrected chi connectivity index (χ0v) is 18.2. The molecular formula is C21H34N2O4. The Morgan fingerprint density at radius 3 is 2.07 bits per heavy atom. The lowest BCUT2D eigenvalue weighted by Crippen LogP contribution is -2.46. The molecule has 0 aliphatic heterocycles. The van der Waals surface area contributed by atoms with Crippen LogP contribution in [0.3, 0.4) is 0 Å². The van der Waals surface area contributed by atoms with Crippen LogP contribution in [0.1, 0.15) is 73.1 Å². The number of ether oxygens (including phenoxy) is 1. The van der Waals surface area contributed by atoms with Gasteiger partial charge in [-0.05, 0) is 38.7 Å². The number of ketones is 1. The van der Waals surface area contributed by atoms with Crippen molar-refractivity contribution in [2.45, 2.75) is 60.9 Å². The fourth-order valence-corrected chi connectivity index (χ4v) is 3.30. The maximum Gasteiger partial charge on any atom is 0.354 e. The van der Waals surface area contributed by atoms with E-state index in [1.54, 1.807) is 30.4 Å². The Morgan fingerprint density at radius 1 is 1.07 bits per heavy atom. The van der Waals surface area contributed by atoms with Gasteiger partial charge in [0.05, 0.1) is 13.2 Å². The standard InChI is InChI=1S/C21H34N2O4/c1-12(2)10-11-23(20(25)13(3)4)16(7)19(24)17-14(5)18(21(26)27-9)22(8)15(17)6/h12-13,16H,10-11H2,1-9H3/t16-/m1/s1. The highest BCUT2D eigenvalue weighted by atomic mass is 16.5. The van der Waals surface area contributed by atoms with Gasteiger partial charge in [-0.3, -0.25) is 9.59 Å². The first-order valence-corrected chi connectivity index (χ1v) is 9.54. The number of methoxy groups -OCH3 is 1. The quantitative estimate of drug-likeness (QED) is 0.513. The van der Waals surface area contributed by atoms with E-state index in [0.29, 0.717) is 35.0 Å². The molecule has 1 amide bonds. The number of Topliss-reactive ketones (excluding diaryl/α,β-unsaturated/α-hetero) is 1. The lowest BCUT2D eigenvalue weighted by molar-refractivity contribution is -0.135. The molecule has 6 heteroatoms. The molecule has 0 saturated carbocycles. The van der Waals surface area contributed by atoms with E-state index in [1.165, 1.54) is 7.11 Å². The van der Waals surface area contributed by atoms with E-state index in [-0.39, 0.29) is 17.6 Å². The molecule has 0 unspecified atom stereocenters.